The van der Waals surface area contributed by atoms with Gasteiger partial charge >= 0.3 is 0 Å². The van der Waals surface area contributed by atoms with E-state index in [1.165, 1.54) is 12.8 Å². The van der Waals surface area contributed by atoms with Gasteiger partial charge in [0.05, 0.1) is 0 Å². The van der Waals surface area contributed by atoms with Gasteiger partial charge in [-0.25, -0.2) is 0 Å². The molecule has 0 aromatic heterocycles. The van der Waals surface area contributed by atoms with E-state index in [4.69, 9.17) is 5.73 Å². The predicted octanol–water partition coefficient (Wildman–Crippen LogP) is 1.74. The molecule has 1 aliphatic heterocycles. The number of amides is 1. The molecule has 0 radical (unpaired) electrons. The van der Waals surface area contributed by atoms with Crippen molar-refractivity contribution in [3.63, 3.8) is 0 Å². The van der Waals surface area contributed by atoms with Crippen molar-refractivity contribution in [3.8, 4) is 0 Å². The second kappa shape index (κ2) is 5.61. The maximum Gasteiger partial charge on any atom is 0.253 e. The summed E-state index contributed by atoms with van der Waals surface area (Å²) in [6.45, 7) is 3.86. The van der Waals surface area contributed by atoms with Crippen LogP contribution in [0.15, 0.2) is 18.2 Å². The molecule has 2 rings (SSSR count). The number of rotatable bonds is 3. The Labute approximate surface area is 115 Å². The van der Waals surface area contributed by atoms with Gasteiger partial charge in [-0.2, -0.15) is 0 Å². The highest BCUT2D eigenvalue weighted by molar-refractivity contribution is 5.95. The van der Waals surface area contributed by atoms with Crippen molar-refractivity contribution >= 4 is 11.6 Å². The molecule has 19 heavy (non-hydrogen) atoms. The van der Waals surface area contributed by atoms with Crippen molar-refractivity contribution in [2.24, 2.45) is 0 Å². The molecule has 1 aliphatic rings. The van der Waals surface area contributed by atoms with Gasteiger partial charge in [0, 0.05) is 30.9 Å². The zero-order valence-corrected chi connectivity index (χ0v) is 12.0. The molecular weight excluding hydrogens is 238 g/mol. The standard InChI is InChI=1S/C15H23N3O/c1-11-6-7-12(9-14(11)16)15(19)18(3)10-13-5-4-8-17(13)2/h6-7,9,13H,4-5,8,10,16H2,1-3H3. The number of aryl methyl sites for hydroxylation is 1. The zero-order valence-electron chi connectivity index (χ0n) is 12.0. The number of nitrogens with zero attached hydrogens (tertiary/aromatic N) is 2. The Kier molecular flexibility index (Phi) is 4.10. The first-order valence-electron chi connectivity index (χ1n) is 6.81. The molecule has 104 valence electrons. The number of likely N-dealkylation sites (tertiary alicyclic amines) is 1. The monoisotopic (exact) mass is 261 g/mol. The van der Waals surface area contributed by atoms with Gasteiger partial charge in [-0.3, -0.25) is 4.79 Å². The van der Waals surface area contributed by atoms with Crippen LogP contribution in [0.1, 0.15) is 28.8 Å². The third-order valence-electron chi connectivity index (χ3n) is 4.03. The molecular formula is C15H23N3O. The van der Waals surface area contributed by atoms with Gasteiger partial charge in [-0.15, -0.1) is 0 Å². The predicted molar refractivity (Wildman–Crippen MR) is 78.2 cm³/mol. The van der Waals surface area contributed by atoms with Crippen molar-refractivity contribution in [2.75, 3.05) is 32.9 Å². The number of benzene rings is 1. The Morgan fingerprint density at radius 3 is 2.84 bits per heavy atom. The van der Waals surface area contributed by atoms with Crippen LogP contribution in [-0.4, -0.2) is 48.9 Å². The van der Waals surface area contributed by atoms with Crippen LogP contribution in [0.2, 0.25) is 0 Å². The summed E-state index contributed by atoms with van der Waals surface area (Å²) in [7, 11) is 3.99. The van der Waals surface area contributed by atoms with Crippen LogP contribution in [0.3, 0.4) is 0 Å². The molecule has 1 heterocycles. The van der Waals surface area contributed by atoms with E-state index in [2.05, 4.69) is 11.9 Å². The lowest BCUT2D eigenvalue weighted by Crippen LogP contribution is -2.39. The lowest BCUT2D eigenvalue weighted by Gasteiger charge is -2.26. The van der Waals surface area contributed by atoms with Crippen LogP contribution in [0, 0.1) is 6.92 Å². The molecule has 1 atom stereocenters. The molecule has 1 unspecified atom stereocenters. The molecule has 4 nitrogen and oxygen atoms in total. The van der Waals surface area contributed by atoms with Gasteiger partial charge in [0.1, 0.15) is 0 Å². The lowest BCUT2D eigenvalue weighted by atomic mass is 10.1. The van der Waals surface area contributed by atoms with E-state index in [1.807, 2.05) is 26.1 Å². The van der Waals surface area contributed by atoms with E-state index in [0.29, 0.717) is 17.3 Å². The summed E-state index contributed by atoms with van der Waals surface area (Å²) in [5.41, 5.74) is 8.22. The normalized spacial score (nSPS) is 19.6. The summed E-state index contributed by atoms with van der Waals surface area (Å²) in [5, 5.41) is 0. The Hall–Kier alpha value is -1.55. The fraction of sp³-hybridized carbons (Fsp3) is 0.533. The van der Waals surface area contributed by atoms with Crippen molar-refractivity contribution in [1.82, 2.24) is 9.80 Å². The Morgan fingerprint density at radius 2 is 2.26 bits per heavy atom. The van der Waals surface area contributed by atoms with E-state index >= 15 is 0 Å². The van der Waals surface area contributed by atoms with Gasteiger partial charge in [0.2, 0.25) is 0 Å². The molecule has 0 saturated carbocycles. The highest BCUT2D eigenvalue weighted by Crippen LogP contribution is 2.18. The third-order valence-corrected chi connectivity index (χ3v) is 4.03. The maximum atomic E-state index is 12.4. The van der Waals surface area contributed by atoms with E-state index in [0.717, 1.165) is 18.7 Å². The Balaban J connectivity index is 2.03. The minimum Gasteiger partial charge on any atom is -0.398 e. The van der Waals surface area contributed by atoms with Crippen molar-refractivity contribution in [3.05, 3.63) is 29.3 Å². The minimum absolute atomic E-state index is 0.0481. The molecule has 0 aliphatic carbocycles. The zero-order chi connectivity index (χ0) is 14.0. The molecule has 1 aromatic carbocycles. The number of hydrogen-bond donors (Lipinski definition) is 1. The SMILES string of the molecule is Cc1ccc(C(=O)N(C)CC2CCCN2C)cc1N. The third kappa shape index (κ3) is 3.07. The molecule has 1 aromatic rings. The first kappa shape index (κ1) is 13.9. The van der Waals surface area contributed by atoms with Gasteiger partial charge in [-0.1, -0.05) is 6.07 Å². The number of anilines is 1. The molecule has 1 saturated heterocycles. The maximum absolute atomic E-state index is 12.4. The van der Waals surface area contributed by atoms with E-state index in [9.17, 15) is 4.79 Å². The molecule has 0 spiro atoms. The van der Waals surface area contributed by atoms with Gasteiger partial charge in [0.25, 0.3) is 5.91 Å². The lowest BCUT2D eigenvalue weighted by molar-refractivity contribution is 0.0761. The number of hydrogen-bond acceptors (Lipinski definition) is 3. The molecule has 1 amide bonds. The summed E-state index contributed by atoms with van der Waals surface area (Å²) in [6.07, 6.45) is 2.39. The summed E-state index contributed by atoms with van der Waals surface area (Å²) < 4.78 is 0. The molecule has 2 N–H and O–H groups in total. The van der Waals surface area contributed by atoms with E-state index in [-0.39, 0.29) is 5.91 Å². The molecule has 1 fully saturated rings. The van der Waals surface area contributed by atoms with E-state index < -0.39 is 0 Å². The van der Waals surface area contributed by atoms with Crippen molar-refractivity contribution in [2.45, 2.75) is 25.8 Å². The second-order valence-corrected chi connectivity index (χ2v) is 5.53. The number of likely N-dealkylation sites (N-methyl/N-ethyl adjacent to an activating group) is 2. The average Bonchev–Trinajstić information content (AvgIpc) is 2.77. The average molecular weight is 261 g/mol. The Bertz CT molecular complexity index is 472. The quantitative estimate of drug-likeness (QED) is 0.843. The van der Waals surface area contributed by atoms with E-state index in [1.54, 1.807) is 11.0 Å². The first-order chi connectivity index (χ1) is 8.99. The van der Waals surface area contributed by atoms with Crippen LogP contribution in [0.4, 0.5) is 5.69 Å². The highest BCUT2D eigenvalue weighted by Gasteiger charge is 2.24. The number of carbonyl (C=O) groups excluding carboxylic acids is 1. The second-order valence-electron chi connectivity index (χ2n) is 5.53. The summed E-state index contributed by atoms with van der Waals surface area (Å²) >= 11 is 0. The van der Waals surface area contributed by atoms with Gasteiger partial charge in [0.15, 0.2) is 0 Å². The van der Waals surface area contributed by atoms with Crippen LogP contribution >= 0.6 is 0 Å². The van der Waals surface area contributed by atoms with Crippen molar-refractivity contribution < 1.29 is 4.79 Å². The van der Waals surface area contributed by atoms with Crippen molar-refractivity contribution in [1.29, 1.82) is 0 Å². The summed E-state index contributed by atoms with van der Waals surface area (Å²) in [5.74, 6) is 0.0481. The summed E-state index contributed by atoms with van der Waals surface area (Å²) in [6, 6.07) is 6.00. The fourth-order valence-corrected chi connectivity index (χ4v) is 2.60. The molecule has 0 bridgehead atoms. The van der Waals surface area contributed by atoms with Gasteiger partial charge < -0.3 is 15.5 Å². The van der Waals surface area contributed by atoms with Gasteiger partial charge in [-0.05, 0) is 51.1 Å². The topological polar surface area (TPSA) is 49.6 Å². The first-order valence-corrected chi connectivity index (χ1v) is 6.81. The number of nitrogen functional groups attached to an aromatic ring is 1. The fourth-order valence-electron chi connectivity index (χ4n) is 2.60. The van der Waals surface area contributed by atoms with Crippen LogP contribution < -0.4 is 5.73 Å². The highest BCUT2D eigenvalue weighted by atomic mass is 16.2. The van der Waals surface area contributed by atoms with Crippen LogP contribution in [0.5, 0.6) is 0 Å². The number of carbonyl (C=O) groups is 1. The molecule has 4 heteroatoms. The summed E-state index contributed by atoms with van der Waals surface area (Å²) in [4.78, 5) is 16.5. The smallest absolute Gasteiger partial charge is 0.253 e. The van der Waals surface area contributed by atoms with Crippen LogP contribution in [0.25, 0.3) is 0 Å². The largest absolute Gasteiger partial charge is 0.398 e. The Morgan fingerprint density at radius 1 is 1.53 bits per heavy atom. The van der Waals surface area contributed by atoms with Crippen LogP contribution in [-0.2, 0) is 0 Å². The minimum atomic E-state index is 0.0481. The number of nitrogens with two attached hydrogens (primary N) is 1.